The zero-order valence-corrected chi connectivity index (χ0v) is 32.1. The van der Waals surface area contributed by atoms with Crippen LogP contribution in [0.15, 0.2) is 93.2 Å². The van der Waals surface area contributed by atoms with Gasteiger partial charge in [0.05, 0.1) is 16.5 Å². The fourth-order valence-electron chi connectivity index (χ4n) is 8.62. The molecule has 0 radical (unpaired) electrons. The van der Waals surface area contributed by atoms with Crippen LogP contribution in [0.4, 0.5) is 22.4 Å². The Kier molecular flexibility index (Phi) is 9.11. The zero-order valence-electron chi connectivity index (χ0n) is 28.9. The van der Waals surface area contributed by atoms with Gasteiger partial charge in [-0.1, -0.05) is 48.0 Å². The van der Waals surface area contributed by atoms with Crippen LogP contribution in [0, 0.1) is 6.92 Å². The first kappa shape index (κ1) is 37.5. The minimum absolute atomic E-state index is 0.0191. The van der Waals surface area contributed by atoms with Gasteiger partial charge in [-0.15, -0.1) is 11.3 Å². The predicted octanol–water partition coefficient (Wildman–Crippen LogP) is 8.08. The van der Waals surface area contributed by atoms with Gasteiger partial charge in [-0.25, -0.2) is 16.8 Å². The molecule has 3 aliphatic heterocycles. The number of hydrogen-bond acceptors (Lipinski definition) is 7. The first-order valence-corrected chi connectivity index (χ1v) is 21.5. The van der Waals surface area contributed by atoms with E-state index in [0.29, 0.717) is 21.4 Å². The van der Waals surface area contributed by atoms with Crippen LogP contribution >= 0.6 is 22.9 Å². The van der Waals surface area contributed by atoms with Gasteiger partial charge in [0, 0.05) is 73.0 Å². The van der Waals surface area contributed by atoms with Crippen LogP contribution < -0.4 is 0 Å². The molecule has 1 aliphatic carbocycles. The zero-order chi connectivity index (χ0) is 38.4. The van der Waals surface area contributed by atoms with E-state index in [0.717, 1.165) is 21.4 Å². The van der Waals surface area contributed by atoms with Crippen LogP contribution in [0.2, 0.25) is 5.02 Å². The third-order valence-electron chi connectivity index (χ3n) is 11.3. The summed E-state index contributed by atoms with van der Waals surface area (Å²) in [4.78, 5) is 14.3. The van der Waals surface area contributed by atoms with Crippen LogP contribution in [0.3, 0.4) is 0 Å². The minimum atomic E-state index is -4.63. The quantitative estimate of drug-likeness (QED) is 0.144. The molecule has 3 aromatic carbocycles. The highest BCUT2D eigenvalue weighted by Crippen LogP contribution is 2.51. The van der Waals surface area contributed by atoms with Crippen molar-refractivity contribution < 1.29 is 48.4 Å². The first-order chi connectivity index (χ1) is 25.5. The topological polar surface area (TPSA) is 101 Å². The van der Waals surface area contributed by atoms with E-state index in [-0.39, 0.29) is 84.4 Å². The van der Waals surface area contributed by atoms with E-state index in [9.17, 15) is 30.4 Å². The molecular weight excluding hydrogens is 790 g/mol. The fourth-order valence-corrected chi connectivity index (χ4v) is 13.8. The molecule has 0 spiro atoms. The molecule has 9 nitrogen and oxygen atoms in total. The van der Waals surface area contributed by atoms with E-state index in [2.05, 4.69) is 0 Å². The van der Waals surface area contributed by atoms with Gasteiger partial charge < -0.3 is 4.74 Å². The van der Waals surface area contributed by atoms with Crippen LogP contribution in [0.1, 0.15) is 31.2 Å². The van der Waals surface area contributed by atoms with Crippen LogP contribution in [0.25, 0.3) is 20.9 Å². The first-order valence-electron chi connectivity index (χ1n) is 17.4. The molecule has 0 saturated carbocycles. The molecule has 17 heteroatoms. The number of cyclic esters (lactones) is 1. The molecule has 0 bridgehead atoms. The smallest absolute Gasteiger partial charge is 0.415 e. The van der Waals surface area contributed by atoms with Crippen molar-refractivity contribution in [1.82, 2.24) is 8.61 Å². The Bertz CT molecular complexity index is 2490. The molecule has 1 aromatic heterocycles. The lowest BCUT2D eigenvalue weighted by Gasteiger charge is -2.53. The number of rotatable bonds is 6. The largest absolute Gasteiger partial charge is 0.522 e. The van der Waals surface area contributed by atoms with Gasteiger partial charge in [-0.05, 0) is 47.5 Å². The van der Waals surface area contributed by atoms with Crippen molar-refractivity contribution in [3.63, 3.8) is 0 Å². The third-order valence-corrected chi connectivity index (χ3v) is 17.3. The van der Waals surface area contributed by atoms with Gasteiger partial charge >= 0.3 is 17.9 Å². The monoisotopic (exact) mass is 824 g/mol. The number of hydrogen-bond donors (Lipinski definition) is 0. The fraction of sp³-hybridized carbons (Fsp3) is 0.378. The maximum absolute atomic E-state index is 15.2. The van der Waals surface area contributed by atoms with Gasteiger partial charge in [-0.3, -0.25) is 0 Å². The molecule has 4 aromatic rings. The number of nitrogens with zero attached hydrogens (tertiary/aromatic N) is 3. The number of carbonyl (C=O) groups excluding carboxylic acids is 1. The van der Waals surface area contributed by atoms with Crippen molar-refractivity contribution in [2.45, 2.75) is 65.6 Å². The number of benzene rings is 3. The van der Waals surface area contributed by atoms with Crippen LogP contribution in [-0.2, 0) is 24.8 Å². The van der Waals surface area contributed by atoms with E-state index >= 15 is 8.78 Å². The molecule has 54 heavy (non-hydrogen) atoms. The van der Waals surface area contributed by atoms with Crippen molar-refractivity contribution in [3.05, 3.63) is 94.7 Å². The van der Waals surface area contributed by atoms with E-state index in [1.807, 2.05) is 0 Å². The van der Waals surface area contributed by atoms with E-state index in [4.69, 9.17) is 16.3 Å². The summed E-state index contributed by atoms with van der Waals surface area (Å²) in [5.74, 6) is -9.16. The Morgan fingerprint density at radius 1 is 0.796 bits per heavy atom. The molecule has 1 unspecified atom stereocenters. The van der Waals surface area contributed by atoms with E-state index in [1.165, 1.54) is 14.7 Å². The second-order valence-corrected chi connectivity index (χ2v) is 19.7. The van der Waals surface area contributed by atoms with Crippen molar-refractivity contribution in [2.24, 2.45) is 0 Å². The molecule has 4 heterocycles. The number of sulfonamides is 2. The molecular formula is C37H35ClF4N3O6S3+. The van der Waals surface area contributed by atoms with E-state index in [1.54, 1.807) is 61.5 Å². The molecule has 286 valence electrons. The number of halogens is 5. The van der Waals surface area contributed by atoms with Crippen molar-refractivity contribution in [3.8, 4) is 0 Å². The molecule has 3 fully saturated rings. The molecule has 0 N–H and O–H groups in total. The molecule has 3 saturated heterocycles. The molecule has 4 aliphatic rings. The van der Waals surface area contributed by atoms with Crippen molar-refractivity contribution in [1.29, 1.82) is 0 Å². The summed E-state index contributed by atoms with van der Waals surface area (Å²) in [5.41, 5.74) is 0.000242. The van der Waals surface area contributed by atoms with Gasteiger partial charge in [0.25, 0.3) is 10.0 Å². The number of fused-ring (bicyclic) bond motifs is 3. The summed E-state index contributed by atoms with van der Waals surface area (Å²) in [6.45, 7) is 0.748. The number of aryl methyl sites for hydroxylation is 1. The van der Waals surface area contributed by atoms with Gasteiger partial charge in [0.1, 0.15) is 22.9 Å². The number of ether oxygens (including phenoxy) is 1. The Hall–Kier alpha value is -3.38. The maximum atomic E-state index is 15.2. The Morgan fingerprint density at radius 2 is 1.39 bits per heavy atom. The Labute approximate surface area is 318 Å². The second-order valence-electron chi connectivity index (χ2n) is 14.2. The average molecular weight is 825 g/mol. The highest BCUT2D eigenvalue weighted by molar-refractivity contribution is 7.91. The predicted molar refractivity (Wildman–Crippen MR) is 197 cm³/mol. The molecule has 8 rings (SSSR count). The number of alkyl halides is 4. The summed E-state index contributed by atoms with van der Waals surface area (Å²) >= 11 is 7.29. The van der Waals surface area contributed by atoms with Crippen LogP contribution in [0.5, 0.6) is 0 Å². The number of carbonyl (C=O) groups is 1. The minimum Gasteiger partial charge on any atom is -0.415 e. The summed E-state index contributed by atoms with van der Waals surface area (Å²) in [6.07, 6.45) is -0.486. The lowest BCUT2D eigenvalue weighted by molar-refractivity contribution is -0.876. The van der Waals surface area contributed by atoms with E-state index < -0.39 is 61.2 Å². The molecule has 1 amide bonds. The number of quaternary nitrogens is 1. The third kappa shape index (κ3) is 5.74. The highest BCUT2D eigenvalue weighted by Gasteiger charge is 2.65. The Balaban J connectivity index is 1.13. The Morgan fingerprint density at radius 3 is 2.06 bits per heavy atom. The lowest BCUT2D eigenvalue weighted by atomic mass is 9.86. The standard InChI is InChI=1S/C37H35ClF4N3O6S3/c1-23-30-19-26(38)9-10-32(30)52-34(23)54(49,50)44-17-13-28(14-18-44)45(31-21-37(41,42)36(39,40)20-25(31)22-51-35(45)46)27-11-15-43(16-12-27)53(47,48)33-8-4-6-24-5-2-3-7-29(24)33/h2-10,19-21,27-28H,11-18,22H2,1H3/q+1. The summed E-state index contributed by atoms with van der Waals surface area (Å²) in [6, 6.07) is 15.5. The maximum Gasteiger partial charge on any atom is 0.522 e. The SMILES string of the molecule is Cc1c(S(=O)(=O)N2CCC([N+]3(C4CCN(S(=O)(=O)c5cccc6ccccc56)CC4)C(=O)OCC4=CC(F)(F)C(F)(F)C=C43)CC2)sc2ccc(Cl)cc12. The normalized spacial score (nSPS) is 24.6. The number of piperidine rings is 2. The summed E-state index contributed by atoms with van der Waals surface area (Å²) in [5, 5.41) is 2.43. The van der Waals surface area contributed by atoms with Crippen molar-refractivity contribution >= 4 is 69.9 Å². The number of amides is 1. The molecule has 1 atom stereocenters. The average Bonchev–Trinajstić information content (AvgIpc) is 3.48. The lowest BCUT2D eigenvalue weighted by Crippen LogP contribution is -2.70. The highest BCUT2D eigenvalue weighted by atomic mass is 35.5. The second kappa shape index (κ2) is 13.1. The van der Waals surface area contributed by atoms with Crippen LogP contribution in [-0.4, -0.2) is 92.7 Å². The summed E-state index contributed by atoms with van der Waals surface area (Å²) in [7, 11) is -8.07. The van der Waals surface area contributed by atoms with Gasteiger partial charge in [0.15, 0.2) is 5.70 Å². The number of thiophene rings is 1. The van der Waals surface area contributed by atoms with Gasteiger partial charge in [-0.2, -0.15) is 35.4 Å². The van der Waals surface area contributed by atoms with Gasteiger partial charge in [0.2, 0.25) is 10.0 Å². The van der Waals surface area contributed by atoms with Crippen molar-refractivity contribution in [2.75, 3.05) is 32.8 Å². The number of allylic oxidation sites excluding steroid dienone is 2. The summed E-state index contributed by atoms with van der Waals surface area (Å²) < 4.78 is 124.